The molecule has 0 unspecified atom stereocenters. The molecule has 0 spiro atoms. The first-order valence-corrected chi connectivity index (χ1v) is 8.29. The number of ether oxygens (including phenoxy) is 2. The Balaban J connectivity index is 1.86. The maximum absolute atomic E-state index is 5.24. The Kier molecular flexibility index (Phi) is 5.83. The van der Waals surface area contributed by atoms with Gasteiger partial charge < -0.3 is 9.47 Å². The van der Waals surface area contributed by atoms with E-state index in [1.54, 1.807) is 20.4 Å². The highest BCUT2D eigenvalue weighted by molar-refractivity contribution is 6.02. The molecule has 132 valence electrons. The van der Waals surface area contributed by atoms with E-state index in [9.17, 15) is 0 Å². The van der Waals surface area contributed by atoms with Crippen LogP contribution in [0.5, 0.6) is 11.5 Å². The fraction of sp³-hybridized carbons (Fsp3) is 0.143. The van der Waals surface area contributed by atoms with Crippen LogP contribution < -0.4 is 14.9 Å². The van der Waals surface area contributed by atoms with E-state index in [4.69, 9.17) is 9.47 Å². The zero-order chi connectivity index (χ0) is 18.2. The molecule has 0 aliphatic carbocycles. The molecular weight excluding hydrogens is 326 g/mol. The minimum absolute atomic E-state index is 0.677. The quantitative estimate of drug-likeness (QED) is 0.515. The summed E-state index contributed by atoms with van der Waals surface area (Å²) in [6.45, 7) is 0. The third kappa shape index (κ3) is 4.60. The Bertz CT molecular complexity index is 845. The van der Waals surface area contributed by atoms with Crippen molar-refractivity contribution in [2.24, 2.45) is 5.10 Å². The van der Waals surface area contributed by atoms with Crippen LogP contribution in [0.2, 0.25) is 0 Å². The first kappa shape index (κ1) is 17.5. The molecule has 2 aromatic carbocycles. The standard InChI is InChI=1S/C21H21N3O2/c1-25-18-10-6-16(7-11-18)15-20(17-8-12-19(26-2)13-9-17)23-24-21-5-3-4-14-22-21/h3-14H,15H2,1-2H3,(H,22,24)/b23-20-. The number of rotatable bonds is 7. The normalized spacial score (nSPS) is 11.1. The zero-order valence-corrected chi connectivity index (χ0v) is 14.8. The van der Waals surface area contributed by atoms with Crippen molar-refractivity contribution < 1.29 is 9.47 Å². The summed E-state index contributed by atoms with van der Waals surface area (Å²) in [5.74, 6) is 2.35. The van der Waals surface area contributed by atoms with Crippen molar-refractivity contribution >= 4 is 11.5 Å². The topological polar surface area (TPSA) is 55.7 Å². The molecule has 0 saturated heterocycles. The highest BCUT2D eigenvalue weighted by atomic mass is 16.5. The van der Waals surface area contributed by atoms with Crippen LogP contribution in [0.15, 0.2) is 78.0 Å². The Morgan fingerprint density at radius 2 is 1.54 bits per heavy atom. The number of hydrazone groups is 1. The van der Waals surface area contributed by atoms with Crippen LogP contribution in [0.1, 0.15) is 11.1 Å². The molecule has 1 N–H and O–H groups in total. The number of methoxy groups -OCH3 is 2. The summed E-state index contributed by atoms with van der Waals surface area (Å²) in [7, 11) is 3.32. The van der Waals surface area contributed by atoms with E-state index in [1.165, 1.54) is 0 Å². The molecular formula is C21H21N3O2. The van der Waals surface area contributed by atoms with Crippen molar-refractivity contribution in [1.82, 2.24) is 4.98 Å². The Labute approximate surface area is 153 Å². The first-order valence-electron chi connectivity index (χ1n) is 8.29. The lowest BCUT2D eigenvalue weighted by Crippen LogP contribution is -2.09. The molecule has 5 nitrogen and oxygen atoms in total. The van der Waals surface area contributed by atoms with Gasteiger partial charge in [-0.1, -0.05) is 18.2 Å². The number of nitrogens with zero attached hydrogens (tertiary/aromatic N) is 2. The second-order valence-electron chi connectivity index (χ2n) is 5.64. The molecule has 0 amide bonds. The lowest BCUT2D eigenvalue weighted by atomic mass is 10.0. The predicted molar refractivity (Wildman–Crippen MR) is 104 cm³/mol. The summed E-state index contributed by atoms with van der Waals surface area (Å²) in [6, 6.07) is 21.5. The second-order valence-corrected chi connectivity index (χ2v) is 5.64. The van der Waals surface area contributed by atoms with Gasteiger partial charge >= 0.3 is 0 Å². The average Bonchev–Trinajstić information content (AvgIpc) is 2.72. The van der Waals surface area contributed by atoms with Gasteiger partial charge in [-0.05, 0) is 59.7 Å². The van der Waals surface area contributed by atoms with E-state index in [0.717, 1.165) is 28.3 Å². The maximum Gasteiger partial charge on any atom is 0.146 e. The van der Waals surface area contributed by atoms with E-state index < -0.39 is 0 Å². The van der Waals surface area contributed by atoms with Crippen LogP contribution in [-0.2, 0) is 6.42 Å². The summed E-state index contributed by atoms with van der Waals surface area (Å²) in [5.41, 5.74) is 6.10. The summed E-state index contributed by atoms with van der Waals surface area (Å²) >= 11 is 0. The monoisotopic (exact) mass is 347 g/mol. The lowest BCUT2D eigenvalue weighted by Gasteiger charge is -2.10. The molecule has 1 aromatic heterocycles. The molecule has 0 fully saturated rings. The maximum atomic E-state index is 5.24. The van der Waals surface area contributed by atoms with Crippen LogP contribution in [0.4, 0.5) is 5.82 Å². The third-order valence-corrected chi connectivity index (χ3v) is 3.92. The number of hydrogen-bond donors (Lipinski definition) is 1. The van der Waals surface area contributed by atoms with Crippen molar-refractivity contribution in [3.63, 3.8) is 0 Å². The van der Waals surface area contributed by atoms with Crippen molar-refractivity contribution in [3.8, 4) is 11.5 Å². The van der Waals surface area contributed by atoms with E-state index in [0.29, 0.717) is 12.2 Å². The predicted octanol–water partition coefficient (Wildman–Crippen LogP) is 4.16. The van der Waals surface area contributed by atoms with Gasteiger partial charge in [-0.25, -0.2) is 4.98 Å². The highest BCUT2D eigenvalue weighted by Gasteiger charge is 2.07. The summed E-state index contributed by atoms with van der Waals surface area (Å²) < 4.78 is 10.5. The van der Waals surface area contributed by atoms with Gasteiger partial charge in [-0.2, -0.15) is 5.10 Å². The van der Waals surface area contributed by atoms with E-state index >= 15 is 0 Å². The number of hydrogen-bond acceptors (Lipinski definition) is 5. The Morgan fingerprint density at radius 1 is 0.885 bits per heavy atom. The molecule has 26 heavy (non-hydrogen) atoms. The summed E-state index contributed by atoms with van der Waals surface area (Å²) in [4.78, 5) is 4.25. The van der Waals surface area contributed by atoms with E-state index in [2.05, 4.69) is 15.5 Å². The van der Waals surface area contributed by atoms with Crippen LogP contribution in [0.3, 0.4) is 0 Å². The van der Waals surface area contributed by atoms with Gasteiger partial charge in [0.1, 0.15) is 17.3 Å². The van der Waals surface area contributed by atoms with Crippen LogP contribution >= 0.6 is 0 Å². The van der Waals surface area contributed by atoms with Crippen molar-refractivity contribution in [2.45, 2.75) is 6.42 Å². The van der Waals surface area contributed by atoms with Crippen LogP contribution in [-0.4, -0.2) is 24.9 Å². The fourth-order valence-corrected chi connectivity index (χ4v) is 2.48. The first-order chi connectivity index (χ1) is 12.8. The molecule has 3 aromatic rings. The lowest BCUT2D eigenvalue weighted by molar-refractivity contribution is 0.414. The van der Waals surface area contributed by atoms with Crippen molar-refractivity contribution in [1.29, 1.82) is 0 Å². The fourth-order valence-electron chi connectivity index (χ4n) is 2.48. The molecule has 5 heteroatoms. The van der Waals surface area contributed by atoms with Gasteiger partial charge in [0.2, 0.25) is 0 Å². The van der Waals surface area contributed by atoms with Crippen LogP contribution in [0.25, 0.3) is 0 Å². The van der Waals surface area contributed by atoms with Crippen LogP contribution in [0, 0.1) is 0 Å². The van der Waals surface area contributed by atoms with Gasteiger partial charge in [0.05, 0.1) is 19.9 Å². The van der Waals surface area contributed by atoms with Gasteiger partial charge in [-0.15, -0.1) is 0 Å². The smallest absolute Gasteiger partial charge is 0.146 e. The molecule has 3 rings (SSSR count). The molecule has 0 aliphatic heterocycles. The van der Waals surface area contributed by atoms with Gasteiger partial charge in [-0.3, -0.25) is 5.43 Å². The molecule has 1 heterocycles. The number of benzene rings is 2. The highest BCUT2D eigenvalue weighted by Crippen LogP contribution is 2.17. The molecule has 0 bridgehead atoms. The molecule has 0 aliphatic rings. The molecule has 0 radical (unpaired) electrons. The Hall–Kier alpha value is -3.34. The number of aromatic nitrogens is 1. The van der Waals surface area contributed by atoms with Gasteiger partial charge in [0.15, 0.2) is 0 Å². The van der Waals surface area contributed by atoms with Gasteiger partial charge in [0.25, 0.3) is 0 Å². The van der Waals surface area contributed by atoms with E-state index in [1.807, 2.05) is 66.7 Å². The number of anilines is 1. The number of nitrogens with one attached hydrogen (secondary N) is 1. The largest absolute Gasteiger partial charge is 0.497 e. The SMILES string of the molecule is COc1ccc(C/C(=N/Nc2ccccn2)c2ccc(OC)cc2)cc1. The zero-order valence-electron chi connectivity index (χ0n) is 14.8. The molecule has 0 atom stereocenters. The van der Waals surface area contributed by atoms with E-state index in [-0.39, 0.29) is 0 Å². The van der Waals surface area contributed by atoms with Crippen molar-refractivity contribution in [3.05, 3.63) is 84.1 Å². The average molecular weight is 347 g/mol. The van der Waals surface area contributed by atoms with Gasteiger partial charge in [0, 0.05) is 12.6 Å². The molecule has 0 saturated carbocycles. The minimum Gasteiger partial charge on any atom is -0.497 e. The summed E-state index contributed by atoms with van der Waals surface area (Å²) in [6.07, 6.45) is 2.41. The second kappa shape index (κ2) is 8.67. The summed E-state index contributed by atoms with van der Waals surface area (Å²) in [5, 5.41) is 4.59. The van der Waals surface area contributed by atoms with Crippen molar-refractivity contribution in [2.75, 3.05) is 19.6 Å². The Morgan fingerprint density at radius 3 is 2.12 bits per heavy atom. The number of pyridine rings is 1. The third-order valence-electron chi connectivity index (χ3n) is 3.92. The minimum atomic E-state index is 0.677.